The fraction of sp³-hybridized carbons (Fsp3) is 0.130. The van der Waals surface area contributed by atoms with E-state index in [1.54, 1.807) is 25.3 Å². The summed E-state index contributed by atoms with van der Waals surface area (Å²) in [7, 11) is 1.63. The van der Waals surface area contributed by atoms with Crippen molar-refractivity contribution < 1.29 is 19.1 Å². The molecule has 3 aromatic rings. The van der Waals surface area contributed by atoms with Crippen molar-refractivity contribution in [1.82, 2.24) is 0 Å². The highest BCUT2D eigenvalue weighted by molar-refractivity contribution is 5.95. The van der Waals surface area contributed by atoms with E-state index < -0.39 is 5.97 Å². The molecular weight excluding hydrogens is 354 g/mol. The Kier molecular flexibility index (Phi) is 6.07. The number of amides is 1. The second-order valence-electron chi connectivity index (χ2n) is 6.33. The van der Waals surface area contributed by atoms with Crippen LogP contribution in [0, 0.1) is 6.92 Å². The number of benzene rings is 3. The largest absolute Gasteiger partial charge is 0.497 e. The van der Waals surface area contributed by atoms with Crippen molar-refractivity contribution in [3.63, 3.8) is 0 Å². The minimum Gasteiger partial charge on any atom is -0.497 e. The molecule has 3 rings (SSSR count). The summed E-state index contributed by atoms with van der Waals surface area (Å²) < 4.78 is 10.2. The van der Waals surface area contributed by atoms with E-state index in [-0.39, 0.29) is 12.5 Å². The number of carbonyl (C=O) groups excluding carboxylic acids is 2. The normalized spacial score (nSPS) is 10.8. The molecule has 0 unspecified atom stereocenters. The zero-order valence-electron chi connectivity index (χ0n) is 15.8. The Balaban J connectivity index is 1.53. The van der Waals surface area contributed by atoms with Gasteiger partial charge >= 0.3 is 5.97 Å². The quantitative estimate of drug-likeness (QED) is 0.514. The lowest BCUT2D eigenvalue weighted by Crippen LogP contribution is -2.20. The second kappa shape index (κ2) is 8.86. The number of carbonyl (C=O) groups is 2. The van der Waals surface area contributed by atoms with Crippen LogP contribution in [-0.4, -0.2) is 25.6 Å². The van der Waals surface area contributed by atoms with Gasteiger partial charge in [-0.3, -0.25) is 4.79 Å². The van der Waals surface area contributed by atoms with Crippen LogP contribution in [0.3, 0.4) is 0 Å². The lowest BCUT2D eigenvalue weighted by atomic mass is 10.1. The summed E-state index contributed by atoms with van der Waals surface area (Å²) in [6, 6.07) is 19.0. The maximum absolute atomic E-state index is 11.9. The van der Waals surface area contributed by atoms with Gasteiger partial charge in [-0.25, -0.2) is 4.79 Å². The molecule has 0 aliphatic rings. The summed E-state index contributed by atoms with van der Waals surface area (Å²) in [4.78, 5) is 23.7. The maximum Gasteiger partial charge on any atom is 0.331 e. The number of rotatable bonds is 6. The first-order valence-electron chi connectivity index (χ1n) is 8.83. The summed E-state index contributed by atoms with van der Waals surface area (Å²) in [5, 5.41) is 4.76. The number of fused-ring (bicyclic) bond motifs is 1. The molecule has 0 fully saturated rings. The van der Waals surface area contributed by atoms with Crippen LogP contribution in [0.25, 0.3) is 16.8 Å². The third-order valence-electron chi connectivity index (χ3n) is 4.16. The smallest absolute Gasteiger partial charge is 0.331 e. The van der Waals surface area contributed by atoms with Crippen molar-refractivity contribution in [3.8, 4) is 5.75 Å². The van der Waals surface area contributed by atoms with Crippen LogP contribution in [0.1, 0.15) is 11.1 Å². The molecule has 0 saturated carbocycles. The predicted molar refractivity (Wildman–Crippen MR) is 110 cm³/mol. The van der Waals surface area contributed by atoms with Crippen molar-refractivity contribution in [2.24, 2.45) is 0 Å². The molecule has 0 aliphatic heterocycles. The summed E-state index contributed by atoms with van der Waals surface area (Å²) in [5.74, 6) is -0.164. The lowest BCUT2D eigenvalue weighted by Gasteiger charge is -2.05. The van der Waals surface area contributed by atoms with E-state index in [1.807, 2.05) is 55.5 Å². The first-order valence-corrected chi connectivity index (χ1v) is 8.83. The van der Waals surface area contributed by atoms with Gasteiger partial charge in [-0.15, -0.1) is 0 Å². The van der Waals surface area contributed by atoms with Crippen molar-refractivity contribution in [1.29, 1.82) is 0 Å². The molecule has 0 bridgehead atoms. The molecule has 0 spiro atoms. The molecule has 0 aliphatic carbocycles. The highest BCUT2D eigenvalue weighted by Gasteiger charge is 2.06. The highest BCUT2D eigenvalue weighted by Crippen LogP contribution is 2.22. The Morgan fingerprint density at radius 3 is 2.43 bits per heavy atom. The summed E-state index contributed by atoms with van der Waals surface area (Å²) in [6.07, 6.45) is 2.97. The number of ether oxygens (including phenoxy) is 2. The fourth-order valence-electron chi connectivity index (χ4n) is 2.66. The number of esters is 1. The lowest BCUT2D eigenvalue weighted by molar-refractivity contribution is -0.142. The van der Waals surface area contributed by atoms with Gasteiger partial charge in [0, 0.05) is 11.8 Å². The summed E-state index contributed by atoms with van der Waals surface area (Å²) >= 11 is 0. The Bertz CT molecular complexity index is 1020. The van der Waals surface area contributed by atoms with E-state index >= 15 is 0 Å². The van der Waals surface area contributed by atoms with Crippen LogP contribution in [0.4, 0.5) is 5.69 Å². The molecule has 0 saturated heterocycles. The Morgan fingerprint density at radius 2 is 1.68 bits per heavy atom. The van der Waals surface area contributed by atoms with E-state index in [0.29, 0.717) is 5.69 Å². The molecule has 0 atom stereocenters. The first-order chi connectivity index (χ1) is 13.5. The average Bonchev–Trinajstić information content (AvgIpc) is 2.71. The summed E-state index contributed by atoms with van der Waals surface area (Å²) in [6.45, 7) is 1.63. The third-order valence-corrected chi connectivity index (χ3v) is 4.16. The first kappa shape index (κ1) is 19.2. The minimum atomic E-state index is -0.575. The third kappa shape index (κ3) is 5.20. The molecule has 142 valence electrons. The van der Waals surface area contributed by atoms with E-state index in [0.717, 1.165) is 27.6 Å². The van der Waals surface area contributed by atoms with Crippen LogP contribution in [0.15, 0.2) is 66.7 Å². The van der Waals surface area contributed by atoms with Crippen molar-refractivity contribution >= 4 is 34.4 Å². The molecule has 3 aromatic carbocycles. The number of nitrogens with one attached hydrogen (secondary N) is 1. The van der Waals surface area contributed by atoms with E-state index in [1.165, 1.54) is 6.08 Å². The van der Waals surface area contributed by atoms with Gasteiger partial charge in [-0.05, 0) is 59.7 Å². The molecule has 0 heterocycles. The number of methoxy groups -OCH3 is 1. The number of aryl methyl sites for hydroxylation is 1. The van der Waals surface area contributed by atoms with Gasteiger partial charge in [-0.1, -0.05) is 35.9 Å². The van der Waals surface area contributed by atoms with Crippen molar-refractivity contribution in [3.05, 3.63) is 77.9 Å². The SMILES string of the molecule is COc1ccc2cc(/C=C/C(=O)OCC(=O)Nc3ccc(C)cc3)ccc2c1. The van der Waals surface area contributed by atoms with Crippen LogP contribution in [-0.2, 0) is 14.3 Å². The molecule has 1 N–H and O–H groups in total. The molecule has 5 heteroatoms. The molecule has 28 heavy (non-hydrogen) atoms. The highest BCUT2D eigenvalue weighted by atomic mass is 16.5. The number of anilines is 1. The van der Waals surface area contributed by atoms with Crippen LogP contribution in [0.2, 0.25) is 0 Å². The molecule has 5 nitrogen and oxygen atoms in total. The fourth-order valence-corrected chi connectivity index (χ4v) is 2.66. The van der Waals surface area contributed by atoms with Gasteiger partial charge in [0.2, 0.25) is 0 Å². The standard InChI is InChI=1S/C23H21NO4/c1-16-3-9-20(10-4-16)24-22(25)15-28-23(26)12-6-17-5-7-19-14-21(27-2)11-8-18(19)13-17/h3-14H,15H2,1-2H3,(H,24,25)/b12-6+. The molecule has 0 radical (unpaired) electrons. The van der Waals surface area contributed by atoms with Crippen LogP contribution in [0.5, 0.6) is 5.75 Å². The van der Waals surface area contributed by atoms with Gasteiger partial charge in [0.15, 0.2) is 6.61 Å². The predicted octanol–water partition coefficient (Wildman–Crippen LogP) is 4.35. The van der Waals surface area contributed by atoms with Gasteiger partial charge in [-0.2, -0.15) is 0 Å². The number of hydrogen-bond acceptors (Lipinski definition) is 4. The minimum absolute atomic E-state index is 0.339. The average molecular weight is 375 g/mol. The zero-order valence-corrected chi connectivity index (χ0v) is 15.8. The topological polar surface area (TPSA) is 64.6 Å². The van der Waals surface area contributed by atoms with E-state index in [9.17, 15) is 9.59 Å². The Labute approximate surface area is 163 Å². The Morgan fingerprint density at radius 1 is 0.964 bits per heavy atom. The van der Waals surface area contributed by atoms with E-state index in [4.69, 9.17) is 9.47 Å². The van der Waals surface area contributed by atoms with Crippen LogP contribution < -0.4 is 10.1 Å². The van der Waals surface area contributed by atoms with Gasteiger partial charge in [0.1, 0.15) is 5.75 Å². The maximum atomic E-state index is 11.9. The van der Waals surface area contributed by atoms with Crippen molar-refractivity contribution in [2.45, 2.75) is 6.92 Å². The molecule has 0 aromatic heterocycles. The second-order valence-corrected chi connectivity index (χ2v) is 6.33. The Hall–Kier alpha value is -3.60. The number of hydrogen-bond donors (Lipinski definition) is 1. The van der Waals surface area contributed by atoms with Gasteiger partial charge in [0.25, 0.3) is 5.91 Å². The van der Waals surface area contributed by atoms with Crippen LogP contribution >= 0.6 is 0 Å². The summed E-state index contributed by atoms with van der Waals surface area (Å²) in [5.41, 5.74) is 2.62. The van der Waals surface area contributed by atoms with Gasteiger partial charge in [0.05, 0.1) is 7.11 Å². The molecular formula is C23H21NO4. The monoisotopic (exact) mass is 375 g/mol. The van der Waals surface area contributed by atoms with Crippen molar-refractivity contribution in [2.75, 3.05) is 19.0 Å². The zero-order chi connectivity index (χ0) is 19.9. The van der Waals surface area contributed by atoms with Gasteiger partial charge < -0.3 is 14.8 Å². The molecule has 1 amide bonds. The van der Waals surface area contributed by atoms with E-state index in [2.05, 4.69) is 5.32 Å².